The number of carbonyl (C=O) groups excluding carboxylic acids is 2. The fourth-order valence-corrected chi connectivity index (χ4v) is 6.16. The van der Waals surface area contributed by atoms with Gasteiger partial charge in [0.05, 0.1) is 19.3 Å². The molecule has 0 aromatic carbocycles. The van der Waals surface area contributed by atoms with Crippen molar-refractivity contribution < 1.29 is 19.1 Å². The van der Waals surface area contributed by atoms with Crippen LogP contribution in [0, 0.1) is 34.5 Å². The van der Waals surface area contributed by atoms with E-state index in [9.17, 15) is 9.59 Å². The van der Waals surface area contributed by atoms with Crippen LogP contribution >= 0.6 is 0 Å². The van der Waals surface area contributed by atoms with Gasteiger partial charge in [0.15, 0.2) is 0 Å². The van der Waals surface area contributed by atoms with Crippen LogP contribution < -0.4 is 0 Å². The number of allylic oxidation sites excluding steroid dienone is 1. The van der Waals surface area contributed by atoms with Crippen molar-refractivity contribution in [3.8, 4) is 0 Å². The van der Waals surface area contributed by atoms with Crippen LogP contribution in [-0.4, -0.2) is 31.6 Å². The summed E-state index contributed by atoms with van der Waals surface area (Å²) in [7, 11) is 0. The second-order valence-corrected chi connectivity index (χ2v) is 11.5. The van der Waals surface area contributed by atoms with Crippen molar-refractivity contribution in [1.82, 2.24) is 0 Å². The third kappa shape index (κ3) is 6.92. The number of rotatable bonds is 8. The van der Waals surface area contributed by atoms with Gasteiger partial charge in [0.2, 0.25) is 0 Å². The van der Waals surface area contributed by atoms with Gasteiger partial charge in [-0.1, -0.05) is 46.3 Å². The molecule has 1 aliphatic heterocycles. The van der Waals surface area contributed by atoms with Crippen LogP contribution in [0.2, 0.25) is 0 Å². The summed E-state index contributed by atoms with van der Waals surface area (Å²) in [5.41, 5.74) is 2.06. The zero-order chi connectivity index (χ0) is 23.9. The molecule has 1 saturated heterocycles. The van der Waals surface area contributed by atoms with Gasteiger partial charge in [-0.15, -0.1) is 0 Å². The van der Waals surface area contributed by atoms with Crippen molar-refractivity contribution in [2.75, 3.05) is 13.2 Å². The Labute approximate surface area is 196 Å². The van der Waals surface area contributed by atoms with Gasteiger partial charge in [0, 0.05) is 12.8 Å². The second kappa shape index (κ2) is 11.8. The van der Waals surface area contributed by atoms with Crippen LogP contribution in [0.15, 0.2) is 12.2 Å². The predicted molar refractivity (Wildman–Crippen MR) is 130 cm³/mol. The summed E-state index contributed by atoms with van der Waals surface area (Å²) in [6.07, 6.45) is 12.4. The van der Waals surface area contributed by atoms with Crippen LogP contribution in [-0.2, 0) is 19.1 Å². The molecule has 32 heavy (non-hydrogen) atoms. The molecular weight excluding hydrogens is 400 g/mol. The smallest absolute Gasteiger partial charge is 0.302 e. The van der Waals surface area contributed by atoms with Crippen LogP contribution in [0.3, 0.4) is 0 Å². The molecular formula is C28H48O4. The van der Waals surface area contributed by atoms with Gasteiger partial charge in [-0.2, -0.15) is 0 Å². The maximum Gasteiger partial charge on any atom is 0.302 e. The molecule has 0 radical (unpaired) electrons. The van der Waals surface area contributed by atoms with E-state index in [1.165, 1.54) is 70.1 Å². The van der Waals surface area contributed by atoms with Crippen molar-refractivity contribution in [3.05, 3.63) is 12.2 Å². The molecule has 184 valence electrons. The van der Waals surface area contributed by atoms with Gasteiger partial charge < -0.3 is 14.3 Å². The molecule has 7 atom stereocenters. The average Bonchev–Trinajstić information content (AvgIpc) is 3.27. The van der Waals surface area contributed by atoms with Crippen LogP contribution in [0.1, 0.15) is 99.3 Å². The summed E-state index contributed by atoms with van der Waals surface area (Å²) in [5.74, 6) is 2.12. The van der Waals surface area contributed by atoms with Gasteiger partial charge in [-0.3, -0.25) is 4.79 Å². The lowest BCUT2D eigenvalue weighted by molar-refractivity contribution is -0.140. The zero-order valence-electron chi connectivity index (χ0n) is 21.6. The first-order valence-electron chi connectivity index (χ1n) is 12.9. The van der Waals surface area contributed by atoms with Crippen molar-refractivity contribution in [2.45, 2.75) is 105 Å². The molecule has 3 aliphatic rings. The quantitative estimate of drug-likeness (QED) is 0.234. The Hall–Kier alpha value is -1.16. The lowest BCUT2D eigenvalue weighted by atomic mass is 9.65. The SMILES string of the molecule is C=C1CCC2(C)CO[C@H](CC(C)C(C)CCC3(C)CCC[C@@H]3C=O)C2C1.CCOC(C)=O. The lowest BCUT2D eigenvalue weighted by Crippen LogP contribution is -2.34. The molecule has 0 aromatic heterocycles. The highest BCUT2D eigenvalue weighted by molar-refractivity contribution is 5.65. The standard InChI is InChI=1S/C24H40O2.C4H8O2/c1-17-8-11-24(5)16-26-22(21(24)13-17)14-19(3)18(2)9-12-23(4)10-6-7-20(23)15-25;1-3-6-4(2)5/h15,18-22H,1,6-14,16H2,2-5H3;3H2,1-2H3/t18?,19?,20-,21?,22-,23?,24?;/m1./s1. The van der Waals surface area contributed by atoms with Crippen LogP contribution in [0.4, 0.5) is 0 Å². The molecule has 3 fully saturated rings. The summed E-state index contributed by atoms with van der Waals surface area (Å²) in [5, 5.41) is 0. The van der Waals surface area contributed by atoms with E-state index in [0.29, 0.717) is 35.9 Å². The maximum absolute atomic E-state index is 11.4. The van der Waals surface area contributed by atoms with Gasteiger partial charge in [-0.05, 0) is 86.9 Å². The topological polar surface area (TPSA) is 52.6 Å². The van der Waals surface area contributed by atoms with Gasteiger partial charge in [0.1, 0.15) is 6.29 Å². The fraction of sp³-hybridized carbons (Fsp3) is 0.857. The lowest BCUT2D eigenvalue weighted by Gasteiger charge is -2.38. The molecule has 5 unspecified atom stereocenters. The Kier molecular flexibility index (Phi) is 10.00. The first-order valence-corrected chi connectivity index (χ1v) is 12.9. The molecule has 0 bridgehead atoms. The normalized spacial score (nSPS) is 35.9. The van der Waals surface area contributed by atoms with E-state index in [1.807, 2.05) is 0 Å². The van der Waals surface area contributed by atoms with Crippen molar-refractivity contribution >= 4 is 12.3 Å². The van der Waals surface area contributed by atoms with E-state index < -0.39 is 0 Å². The molecule has 4 nitrogen and oxygen atoms in total. The highest BCUT2D eigenvalue weighted by atomic mass is 16.5. The Morgan fingerprint density at radius 3 is 2.59 bits per heavy atom. The van der Waals surface area contributed by atoms with Crippen molar-refractivity contribution in [2.24, 2.45) is 34.5 Å². The second-order valence-electron chi connectivity index (χ2n) is 11.5. The van der Waals surface area contributed by atoms with Gasteiger partial charge in [-0.25, -0.2) is 0 Å². The first kappa shape index (κ1) is 27.1. The first-order chi connectivity index (χ1) is 15.0. The minimum Gasteiger partial charge on any atom is -0.466 e. The summed E-state index contributed by atoms with van der Waals surface area (Å²) >= 11 is 0. The molecule has 0 spiro atoms. The molecule has 3 rings (SSSR count). The largest absolute Gasteiger partial charge is 0.466 e. The Bertz CT molecular complexity index is 643. The number of hydrogen-bond donors (Lipinski definition) is 0. The number of ether oxygens (including phenoxy) is 2. The monoisotopic (exact) mass is 448 g/mol. The average molecular weight is 449 g/mol. The van der Waals surface area contributed by atoms with E-state index in [1.54, 1.807) is 6.92 Å². The number of carbonyl (C=O) groups is 2. The fourth-order valence-electron chi connectivity index (χ4n) is 6.16. The third-order valence-corrected chi connectivity index (χ3v) is 8.95. The zero-order valence-corrected chi connectivity index (χ0v) is 21.6. The summed E-state index contributed by atoms with van der Waals surface area (Å²) in [6, 6.07) is 0. The highest BCUT2D eigenvalue weighted by Gasteiger charge is 2.48. The van der Waals surface area contributed by atoms with Gasteiger partial charge in [0.25, 0.3) is 0 Å². The van der Waals surface area contributed by atoms with Crippen molar-refractivity contribution in [1.29, 1.82) is 0 Å². The predicted octanol–water partition coefficient (Wildman–Crippen LogP) is 6.77. The van der Waals surface area contributed by atoms with Crippen molar-refractivity contribution in [3.63, 3.8) is 0 Å². The summed E-state index contributed by atoms with van der Waals surface area (Å²) < 4.78 is 10.7. The molecule has 0 N–H and O–H groups in total. The molecule has 0 aromatic rings. The molecule has 4 heteroatoms. The number of hydrogen-bond acceptors (Lipinski definition) is 4. The summed E-state index contributed by atoms with van der Waals surface area (Å²) in [4.78, 5) is 21.2. The van der Waals surface area contributed by atoms with E-state index in [0.717, 1.165) is 13.0 Å². The highest BCUT2D eigenvalue weighted by Crippen LogP contribution is 2.51. The third-order valence-electron chi connectivity index (χ3n) is 8.95. The molecule has 0 amide bonds. The Balaban J connectivity index is 0.000000534. The van der Waals surface area contributed by atoms with E-state index in [-0.39, 0.29) is 17.3 Å². The van der Waals surface area contributed by atoms with E-state index in [2.05, 4.69) is 39.0 Å². The molecule has 1 heterocycles. The van der Waals surface area contributed by atoms with E-state index >= 15 is 0 Å². The Morgan fingerprint density at radius 2 is 2.00 bits per heavy atom. The van der Waals surface area contributed by atoms with E-state index in [4.69, 9.17) is 4.74 Å². The van der Waals surface area contributed by atoms with Crippen LogP contribution in [0.5, 0.6) is 0 Å². The number of aldehydes is 1. The minimum absolute atomic E-state index is 0.211. The number of esters is 1. The Morgan fingerprint density at radius 1 is 1.28 bits per heavy atom. The van der Waals surface area contributed by atoms with Crippen LogP contribution in [0.25, 0.3) is 0 Å². The van der Waals surface area contributed by atoms with Gasteiger partial charge >= 0.3 is 5.97 Å². The number of fused-ring (bicyclic) bond motifs is 1. The minimum atomic E-state index is -0.211. The maximum atomic E-state index is 11.4. The molecule has 2 saturated carbocycles. The molecule has 2 aliphatic carbocycles. The summed E-state index contributed by atoms with van der Waals surface area (Å²) in [6.45, 7) is 18.5.